The number of aliphatic hydroxyl groups is 1. The predicted molar refractivity (Wildman–Crippen MR) is 144 cm³/mol. The Labute approximate surface area is 227 Å². The predicted octanol–water partition coefficient (Wildman–Crippen LogP) is 4.61. The zero-order chi connectivity index (χ0) is 27.3. The normalized spacial score (nSPS) is 12.9. The molecule has 1 heterocycles. The van der Waals surface area contributed by atoms with Gasteiger partial charge in [0, 0.05) is 36.1 Å². The highest BCUT2D eigenvalue weighted by atomic mass is 35.5. The van der Waals surface area contributed by atoms with E-state index in [0.29, 0.717) is 17.8 Å². The fourth-order valence-electron chi connectivity index (χ4n) is 4.50. The average Bonchev–Trinajstić information content (AvgIpc) is 3.24. The van der Waals surface area contributed by atoms with Crippen molar-refractivity contribution in [3.63, 3.8) is 0 Å². The van der Waals surface area contributed by atoms with E-state index < -0.39 is 47.6 Å². The van der Waals surface area contributed by atoms with Crippen LogP contribution in [0.4, 0.5) is 8.78 Å². The first-order valence-corrected chi connectivity index (χ1v) is 12.0. The minimum absolute atomic E-state index is 0. The van der Waals surface area contributed by atoms with Crippen LogP contribution in [0.5, 0.6) is 0 Å². The van der Waals surface area contributed by atoms with Crippen LogP contribution in [0.2, 0.25) is 0 Å². The summed E-state index contributed by atoms with van der Waals surface area (Å²) in [6, 6.07) is 12.6. The zero-order valence-electron chi connectivity index (χ0n) is 21.6. The van der Waals surface area contributed by atoms with E-state index in [2.05, 4.69) is 0 Å². The number of halogens is 3. The van der Waals surface area contributed by atoms with Crippen molar-refractivity contribution in [1.82, 2.24) is 9.47 Å². The monoisotopic (exact) mass is 549 g/mol. The third-order valence-electron chi connectivity index (χ3n) is 6.23. The molecule has 2 unspecified atom stereocenters. The van der Waals surface area contributed by atoms with Gasteiger partial charge in [-0.2, -0.15) is 0 Å². The van der Waals surface area contributed by atoms with Crippen molar-refractivity contribution in [2.24, 2.45) is 11.1 Å². The third kappa shape index (κ3) is 7.40. The van der Waals surface area contributed by atoms with Crippen LogP contribution in [0.25, 0.3) is 11.1 Å². The summed E-state index contributed by atoms with van der Waals surface area (Å²) in [6.07, 6.45) is 1.68. The van der Waals surface area contributed by atoms with E-state index in [1.807, 2.05) is 55.7 Å². The molecule has 1 aromatic heterocycles. The second-order valence-electron chi connectivity index (χ2n) is 10.1. The first-order valence-electron chi connectivity index (χ1n) is 12.0. The number of carboxylic acid groups (broad SMARTS) is 1. The number of rotatable bonds is 10. The fraction of sp³-hybridized carbons (Fsp3) is 0.357. The highest BCUT2D eigenvalue weighted by molar-refractivity contribution is 5.85. The summed E-state index contributed by atoms with van der Waals surface area (Å²) >= 11 is 0. The summed E-state index contributed by atoms with van der Waals surface area (Å²) in [5.41, 5.74) is 7.20. The molecule has 4 N–H and O–H groups in total. The van der Waals surface area contributed by atoms with Crippen molar-refractivity contribution >= 4 is 24.3 Å². The van der Waals surface area contributed by atoms with Crippen molar-refractivity contribution in [3.05, 3.63) is 83.7 Å². The summed E-state index contributed by atoms with van der Waals surface area (Å²) in [5.74, 6) is -2.96. The second-order valence-corrected chi connectivity index (χ2v) is 10.1. The van der Waals surface area contributed by atoms with E-state index in [9.17, 15) is 28.6 Å². The van der Waals surface area contributed by atoms with Crippen LogP contribution >= 0.6 is 12.4 Å². The quantitative estimate of drug-likeness (QED) is 0.342. The van der Waals surface area contributed by atoms with Crippen LogP contribution < -0.4 is 5.73 Å². The number of hydrogen-bond acceptors (Lipinski definition) is 4. The minimum atomic E-state index is -1.19. The molecule has 0 bridgehead atoms. The Bertz CT molecular complexity index is 1240. The molecule has 0 aliphatic rings. The highest BCUT2D eigenvalue weighted by Gasteiger charge is 2.37. The number of aliphatic hydroxyl groups excluding tert-OH is 1. The van der Waals surface area contributed by atoms with Gasteiger partial charge in [-0.05, 0) is 41.7 Å². The zero-order valence-corrected chi connectivity index (χ0v) is 22.4. The van der Waals surface area contributed by atoms with Gasteiger partial charge in [0.2, 0.25) is 5.91 Å². The summed E-state index contributed by atoms with van der Waals surface area (Å²) in [7, 11) is 0. The second kappa shape index (κ2) is 13.0. The average molecular weight is 550 g/mol. The molecule has 1 amide bonds. The number of benzene rings is 2. The van der Waals surface area contributed by atoms with Gasteiger partial charge in [-0.1, -0.05) is 51.1 Å². The molecule has 7 nitrogen and oxygen atoms in total. The summed E-state index contributed by atoms with van der Waals surface area (Å²) in [5, 5.41) is 19.0. The SMILES string of the molecule is CC(C)(C)C(c1cc(-c2cc(F)ccc2F)cn1Cc1ccccc1)N(CCC(N)C(=O)O)C(=O)CO.Cl. The molecule has 38 heavy (non-hydrogen) atoms. The molecule has 0 radical (unpaired) electrons. The maximum atomic E-state index is 14.7. The van der Waals surface area contributed by atoms with Crippen LogP contribution in [0, 0.1) is 17.0 Å². The van der Waals surface area contributed by atoms with Gasteiger partial charge in [0.05, 0.1) is 6.04 Å². The van der Waals surface area contributed by atoms with E-state index in [0.717, 1.165) is 23.8 Å². The Hall–Kier alpha value is -3.27. The molecule has 0 fully saturated rings. The Balaban J connectivity index is 0.00000507. The fourth-order valence-corrected chi connectivity index (χ4v) is 4.50. The number of carbonyl (C=O) groups excluding carboxylic acids is 1. The number of nitrogens with two attached hydrogens (primary N) is 1. The number of aliphatic carboxylic acids is 1. The largest absolute Gasteiger partial charge is 0.480 e. The van der Waals surface area contributed by atoms with E-state index in [4.69, 9.17) is 5.73 Å². The van der Waals surface area contributed by atoms with Crippen molar-refractivity contribution in [3.8, 4) is 11.1 Å². The standard InChI is InChI=1S/C28H33F2N3O4.ClH/c1-28(2,3)26(33(25(35)17-34)12-11-23(31)27(36)37)24-13-19(21-14-20(29)9-10-22(21)30)16-32(24)15-18-7-5-4-6-8-18;/h4-10,13-14,16,23,26,34H,11-12,15,17,31H2,1-3H3,(H,36,37);1H. The lowest BCUT2D eigenvalue weighted by Crippen LogP contribution is -2.46. The lowest BCUT2D eigenvalue weighted by Gasteiger charge is -2.41. The minimum Gasteiger partial charge on any atom is -0.480 e. The summed E-state index contributed by atoms with van der Waals surface area (Å²) in [6.45, 7) is 5.32. The first kappa shape index (κ1) is 31.0. The van der Waals surface area contributed by atoms with Gasteiger partial charge in [0.15, 0.2) is 0 Å². The van der Waals surface area contributed by atoms with Crippen molar-refractivity contribution < 1.29 is 28.6 Å². The number of carboxylic acids is 1. The summed E-state index contributed by atoms with van der Waals surface area (Å²) in [4.78, 5) is 25.7. The van der Waals surface area contributed by atoms with Gasteiger partial charge in [-0.3, -0.25) is 9.59 Å². The maximum absolute atomic E-state index is 14.7. The lowest BCUT2D eigenvalue weighted by molar-refractivity contribution is -0.142. The van der Waals surface area contributed by atoms with Gasteiger partial charge in [-0.15, -0.1) is 12.4 Å². The van der Waals surface area contributed by atoms with Crippen molar-refractivity contribution in [2.75, 3.05) is 13.2 Å². The Kier molecular flexibility index (Phi) is 10.6. The van der Waals surface area contributed by atoms with Crippen LogP contribution in [0.3, 0.4) is 0 Å². The van der Waals surface area contributed by atoms with Crippen LogP contribution in [0.1, 0.15) is 44.5 Å². The molecule has 0 aliphatic heterocycles. The van der Waals surface area contributed by atoms with E-state index >= 15 is 0 Å². The highest BCUT2D eigenvalue weighted by Crippen LogP contribution is 2.41. The molecule has 10 heteroatoms. The number of nitrogens with zero attached hydrogens (tertiary/aromatic N) is 2. The van der Waals surface area contributed by atoms with Gasteiger partial charge >= 0.3 is 5.97 Å². The molecule has 2 atom stereocenters. The van der Waals surface area contributed by atoms with Crippen LogP contribution in [-0.4, -0.2) is 50.8 Å². The van der Waals surface area contributed by atoms with E-state index in [1.54, 1.807) is 12.3 Å². The van der Waals surface area contributed by atoms with Gasteiger partial charge in [0.25, 0.3) is 0 Å². The van der Waals surface area contributed by atoms with E-state index in [-0.39, 0.29) is 30.9 Å². The lowest BCUT2D eigenvalue weighted by atomic mass is 9.82. The molecule has 3 rings (SSSR count). The molecule has 206 valence electrons. The summed E-state index contributed by atoms with van der Waals surface area (Å²) < 4.78 is 30.7. The molecule has 2 aromatic carbocycles. The Morgan fingerprint density at radius 2 is 1.74 bits per heavy atom. The third-order valence-corrected chi connectivity index (χ3v) is 6.23. The molecule has 0 aliphatic carbocycles. The Morgan fingerprint density at radius 3 is 2.32 bits per heavy atom. The molecule has 0 spiro atoms. The number of hydrogen-bond donors (Lipinski definition) is 3. The van der Waals surface area contributed by atoms with Crippen molar-refractivity contribution in [1.29, 1.82) is 0 Å². The maximum Gasteiger partial charge on any atom is 0.320 e. The Morgan fingerprint density at radius 1 is 1.08 bits per heavy atom. The number of amides is 1. The van der Waals surface area contributed by atoms with Crippen LogP contribution in [-0.2, 0) is 16.1 Å². The molecular formula is C28H34ClF2N3O4. The number of aromatic nitrogens is 1. The van der Waals surface area contributed by atoms with Crippen molar-refractivity contribution in [2.45, 2.75) is 45.8 Å². The molecule has 0 saturated carbocycles. The smallest absolute Gasteiger partial charge is 0.320 e. The number of carbonyl (C=O) groups is 2. The molecular weight excluding hydrogens is 516 g/mol. The molecule has 3 aromatic rings. The van der Waals surface area contributed by atoms with Crippen LogP contribution in [0.15, 0.2) is 60.8 Å². The van der Waals surface area contributed by atoms with Gasteiger partial charge in [-0.25, -0.2) is 8.78 Å². The first-order chi connectivity index (χ1) is 17.4. The molecule has 0 saturated heterocycles. The van der Waals surface area contributed by atoms with Gasteiger partial charge < -0.3 is 25.4 Å². The van der Waals surface area contributed by atoms with E-state index in [1.165, 1.54) is 4.90 Å². The topological polar surface area (TPSA) is 109 Å². The van der Waals surface area contributed by atoms with Gasteiger partial charge in [0.1, 0.15) is 24.3 Å².